The van der Waals surface area contributed by atoms with E-state index < -0.39 is 0 Å². The van der Waals surface area contributed by atoms with Crippen LogP contribution in [-0.2, 0) is 0 Å². The second-order valence-corrected chi connectivity index (χ2v) is 4.62. The topological polar surface area (TPSA) is 60.8 Å². The van der Waals surface area contributed by atoms with Crippen LogP contribution < -0.4 is 15.9 Å². The van der Waals surface area contributed by atoms with E-state index in [1.807, 2.05) is 13.8 Å². The quantitative estimate of drug-likeness (QED) is 0.641. The third kappa shape index (κ3) is 3.67. The van der Waals surface area contributed by atoms with Gasteiger partial charge in [-0.05, 0) is 31.5 Å². The van der Waals surface area contributed by atoms with Crippen molar-refractivity contribution >= 4 is 29.1 Å². The number of hydrogen-bond acceptors (Lipinski definition) is 2. The van der Waals surface area contributed by atoms with Crippen LogP contribution in [0.3, 0.4) is 0 Å². The highest BCUT2D eigenvalue weighted by Gasteiger charge is 2.15. The van der Waals surface area contributed by atoms with Gasteiger partial charge < -0.3 is 10.5 Å². The molecule has 4 N–H and O–H groups in total. The largest absolute Gasteiger partial charge is 0.406 e. The predicted octanol–water partition coefficient (Wildman–Crippen LogP) is 1.58. The van der Waals surface area contributed by atoms with Gasteiger partial charge in [-0.3, -0.25) is 0 Å². The van der Waals surface area contributed by atoms with E-state index in [-0.39, 0.29) is 6.04 Å². The molecule has 0 amide bonds. The van der Waals surface area contributed by atoms with Crippen molar-refractivity contribution in [2.45, 2.75) is 26.3 Å². The van der Waals surface area contributed by atoms with Crippen molar-refractivity contribution in [1.29, 1.82) is 0 Å². The van der Waals surface area contributed by atoms with Crippen molar-refractivity contribution in [3.05, 3.63) is 27.7 Å². The zero-order chi connectivity index (χ0) is 12.3. The fourth-order valence-corrected chi connectivity index (χ4v) is 1.95. The summed E-state index contributed by atoms with van der Waals surface area (Å²) in [5, 5.41) is 6.56. The van der Waals surface area contributed by atoms with Crippen LogP contribution in [0.15, 0.2) is 12.1 Å². The first-order chi connectivity index (χ1) is 7.40. The van der Waals surface area contributed by atoms with Gasteiger partial charge in [0.1, 0.15) is 0 Å². The Balaban J connectivity index is 2.85. The maximum Gasteiger partial charge on any atom is 0.340 e. The SMILES string of the molecule is Cc1cc(Cl)c(OC(=[NH2+])CC(C)N)c(Cl)c1. The molecule has 0 bridgehead atoms. The maximum atomic E-state index is 6.01. The monoisotopic (exact) mass is 261 g/mol. The second-order valence-electron chi connectivity index (χ2n) is 3.81. The molecule has 88 valence electrons. The van der Waals surface area contributed by atoms with Crippen LogP contribution in [0.5, 0.6) is 5.75 Å². The van der Waals surface area contributed by atoms with Gasteiger partial charge in [-0.15, -0.1) is 0 Å². The number of benzene rings is 1. The summed E-state index contributed by atoms with van der Waals surface area (Å²) in [6.45, 7) is 3.74. The molecule has 1 aromatic rings. The van der Waals surface area contributed by atoms with Gasteiger partial charge in [-0.1, -0.05) is 23.2 Å². The molecule has 0 fully saturated rings. The third-order valence-electron chi connectivity index (χ3n) is 1.90. The van der Waals surface area contributed by atoms with Gasteiger partial charge in [0.25, 0.3) is 0 Å². The fourth-order valence-electron chi connectivity index (χ4n) is 1.27. The van der Waals surface area contributed by atoms with Gasteiger partial charge in [0.05, 0.1) is 16.5 Å². The van der Waals surface area contributed by atoms with E-state index in [9.17, 15) is 0 Å². The minimum absolute atomic E-state index is 0.0667. The first-order valence-electron chi connectivity index (χ1n) is 4.90. The minimum Gasteiger partial charge on any atom is -0.406 e. The average molecular weight is 262 g/mol. The number of ether oxygens (including phenoxy) is 1. The molecular formula is C11H15Cl2N2O+. The first-order valence-corrected chi connectivity index (χ1v) is 5.66. The molecule has 0 aliphatic heterocycles. The first kappa shape index (κ1) is 13.3. The maximum absolute atomic E-state index is 6.01. The summed E-state index contributed by atoms with van der Waals surface area (Å²) < 4.78 is 5.39. The molecule has 0 saturated carbocycles. The summed E-state index contributed by atoms with van der Waals surface area (Å²) in [6.07, 6.45) is 0.459. The zero-order valence-electron chi connectivity index (χ0n) is 9.26. The van der Waals surface area contributed by atoms with Crippen LogP contribution in [0.25, 0.3) is 0 Å². The van der Waals surface area contributed by atoms with Crippen LogP contribution in [0.2, 0.25) is 10.0 Å². The van der Waals surface area contributed by atoms with E-state index in [2.05, 4.69) is 0 Å². The number of rotatable bonds is 3. The lowest BCUT2D eigenvalue weighted by atomic mass is 10.2. The minimum atomic E-state index is -0.0667. The van der Waals surface area contributed by atoms with E-state index in [0.717, 1.165) is 5.56 Å². The Labute approximate surface area is 105 Å². The number of nitrogens with two attached hydrogens (primary N) is 2. The molecule has 3 nitrogen and oxygen atoms in total. The molecule has 0 saturated heterocycles. The molecule has 0 aromatic heterocycles. The highest BCUT2D eigenvalue weighted by Crippen LogP contribution is 2.34. The van der Waals surface area contributed by atoms with Gasteiger partial charge >= 0.3 is 5.90 Å². The summed E-state index contributed by atoms with van der Waals surface area (Å²) in [6, 6.07) is 3.46. The van der Waals surface area contributed by atoms with E-state index in [1.54, 1.807) is 12.1 Å². The van der Waals surface area contributed by atoms with E-state index in [1.165, 1.54) is 0 Å². The summed E-state index contributed by atoms with van der Waals surface area (Å²) >= 11 is 12.0. The molecule has 0 heterocycles. The van der Waals surface area contributed by atoms with E-state index >= 15 is 0 Å². The number of hydrogen-bond donors (Lipinski definition) is 2. The van der Waals surface area contributed by atoms with Crippen LogP contribution >= 0.6 is 23.2 Å². The molecule has 0 radical (unpaired) electrons. The van der Waals surface area contributed by atoms with Crippen molar-refractivity contribution in [2.75, 3.05) is 0 Å². The lowest BCUT2D eigenvalue weighted by molar-refractivity contribution is -0.134. The lowest BCUT2D eigenvalue weighted by Crippen LogP contribution is -2.46. The second kappa shape index (κ2) is 5.53. The van der Waals surface area contributed by atoms with Gasteiger partial charge in [0, 0.05) is 6.04 Å². The standard InChI is InChI=1S/C11H14Cl2N2O/c1-6-3-8(12)11(9(13)4-6)16-10(15)5-7(2)14/h3-4,7,15H,5,14H2,1-2H3/p+1. The Bertz CT molecular complexity index is 382. The smallest absolute Gasteiger partial charge is 0.340 e. The highest BCUT2D eigenvalue weighted by molar-refractivity contribution is 6.37. The molecule has 1 atom stereocenters. The summed E-state index contributed by atoms with van der Waals surface area (Å²) in [7, 11) is 0. The van der Waals surface area contributed by atoms with Gasteiger partial charge in [-0.2, -0.15) is 0 Å². The van der Waals surface area contributed by atoms with E-state index in [0.29, 0.717) is 28.1 Å². The van der Waals surface area contributed by atoms with Gasteiger partial charge in [-0.25, -0.2) is 5.41 Å². The number of aryl methyl sites for hydroxylation is 1. The molecular weight excluding hydrogens is 247 g/mol. The van der Waals surface area contributed by atoms with Gasteiger partial charge in [0.2, 0.25) is 0 Å². The Morgan fingerprint density at radius 1 is 1.44 bits per heavy atom. The van der Waals surface area contributed by atoms with Crippen molar-refractivity contribution in [1.82, 2.24) is 0 Å². The van der Waals surface area contributed by atoms with Gasteiger partial charge in [0.15, 0.2) is 5.75 Å². The van der Waals surface area contributed by atoms with Crippen molar-refractivity contribution in [2.24, 2.45) is 5.73 Å². The average Bonchev–Trinajstić information content (AvgIpc) is 2.09. The highest BCUT2D eigenvalue weighted by atomic mass is 35.5. The zero-order valence-corrected chi connectivity index (χ0v) is 10.8. The molecule has 1 aromatic carbocycles. The third-order valence-corrected chi connectivity index (χ3v) is 2.46. The molecule has 16 heavy (non-hydrogen) atoms. The molecule has 0 aliphatic carbocycles. The van der Waals surface area contributed by atoms with Crippen LogP contribution in [0.4, 0.5) is 0 Å². The molecule has 1 rings (SSSR count). The Morgan fingerprint density at radius 2 is 1.94 bits per heavy atom. The molecule has 0 spiro atoms. The Kier molecular flexibility index (Phi) is 4.59. The molecule has 0 aliphatic rings. The normalized spacial score (nSPS) is 12.3. The Morgan fingerprint density at radius 3 is 2.38 bits per heavy atom. The van der Waals surface area contributed by atoms with Crippen LogP contribution in [0.1, 0.15) is 18.9 Å². The summed E-state index contributed by atoms with van der Waals surface area (Å²) in [4.78, 5) is 0. The van der Waals surface area contributed by atoms with E-state index in [4.69, 9.17) is 39.1 Å². The predicted molar refractivity (Wildman–Crippen MR) is 67.0 cm³/mol. The number of halogens is 2. The van der Waals surface area contributed by atoms with Crippen LogP contribution in [-0.4, -0.2) is 11.9 Å². The summed E-state index contributed by atoms with van der Waals surface area (Å²) in [5.41, 5.74) is 6.57. The Hall–Kier alpha value is -0.770. The molecule has 1 unspecified atom stereocenters. The fraction of sp³-hybridized carbons (Fsp3) is 0.364. The molecule has 5 heteroatoms. The lowest BCUT2D eigenvalue weighted by Gasteiger charge is -2.09. The van der Waals surface area contributed by atoms with Crippen molar-refractivity contribution < 1.29 is 10.1 Å². The summed E-state index contributed by atoms with van der Waals surface area (Å²) in [5.74, 6) is 0.690. The van der Waals surface area contributed by atoms with Crippen molar-refractivity contribution in [3.63, 3.8) is 0 Å². The van der Waals surface area contributed by atoms with Crippen LogP contribution in [0, 0.1) is 6.92 Å². The van der Waals surface area contributed by atoms with Crippen molar-refractivity contribution in [3.8, 4) is 5.75 Å².